The molecule has 0 radical (unpaired) electrons. The van der Waals surface area contributed by atoms with Gasteiger partial charge in [0, 0.05) is 18.8 Å². The van der Waals surface area contributed by atoms with E-state index < -0.39 is 6.10 Å². The predicted molar refractivity (Wildman–Crippen MR) is 82.9 cm³/mol. The van der Waals surface area contributed by atoms with Gasteiger partial charge in [0.25, 0.3) is 0 Å². The van der Waals surface area contributed by atoms with Gasteiger partial charge in [0.2, 0.25) is 0 Å². The molecular formula is C14H22ClNOS. The summed E-state index contributed by atoms with van der Waals surface area (Å²) in [6, 6.07) is 6.26. The Kier molecular flexibility index (Phi) is 6.33. The van der Waals surface area contributed by atoms with E-state index in [0.29, 0.717) is 11.1 Å². The smallest absolute Gasteiger partial charge is 0.0762 e. The Bertz CT molecular complexity index is 384. The molecule has 102 valence electrons. The number of halogens is 1. The van der Waals surface area contributed by atoms with Crippen LogP contribution in [0, 0.1) is 0 Å². The monoisotopic (exact) mass is 287 g/mol. The predicted octanol–water partition coefficient (Wildman–Crippen LogP) is 3.97. The first-order valence-electron chi connectivity index (χ1n) is 6.20. The van der Waals surface area contributed by atoms with E-state index in [4.69, 9.17) is 11.6 Å². The minimum absolute atomic E-state index is 0.477. The molecule has 0 aromatic heterocycles. The van der Waals surface area contributed by atoms with Crippen molar-refractivity contribution in [3.63, 3.8) is 0 Å². The van der Waals surface area contributed by atoms with Gasteiger partial charge in [-0.25, -0.2) is 0 Å². The van der Waals surface area contributed by atoms with Crippen molar-refractivity contribution in [2.24, 2.45) is 0 Å². The van der Waals surface area contributed by atoms with Crippen LogP contribution in [-0.4, -0.2) is 30.2 Å². The van der Waals surface area contributed by atoms with E-state index in [9.17, 15) is 5.11 Å². The number of thioether (sulfide) groups is 1. The van der Waals surface area contributed by atoms with Crippen molar-refractivity contribution in [1.29, 1.82) is 0 Å². The Balaban J connectivity index is 2.95. The summed E-state index contributed by atoms with van der Waals surface area (Å²) in [4.78, 5) is 2.23. The summed E-state index contributed by atoms with van der Waals surface area (Å²) in [5.74, 6) is 1.08. The van der Waals surface area contributed by atoms with Crippen LogP contribution >= 0.6 is 23.4 Å². The number of benzene rings is 1. The number of nitrogens with zero attached hydrogens (tertiary/aromatic N) is 1. The van der Waals surface area contributed by atoms with Gasteiger partial charge < -0.3 is 10.0 Å². The van der Waals surface area contributed by atoms with E-state index in [1.165, 1.54) is 0 Å². The van der Waals surface area contributed by atoms with E-state index in [-0.39, 0.29) is 0 Å². The second-order valence-corrected chi connectivity index (χ2v) is 5.83. The maximum Gasteiger partial charge on any atom is 0.0762 e. The lowest BCUT2D eigenvalue weighted by Gasteiger charge is -2.30. The minimum atomic E-state index is -0.477. The van der Waals surface area contributed by atoms with E-state index in [2.05, 4.69) is 25.1 Å². The second-order valence-electron chi connectivity index (χ2n) is 4.52. The quantitative estimate of drug-likeness (QED) is 0.856. The molecule has 0 bridgehead atoms. The molecule has 2 atom stereocenters. The zero-order valence-electron chi connectivity index (χ0n) is 11.5. The van der Waals surface area contributed by atoms with Crippen LogP contribution in [0.4, 0.5) is 5.69 Å². The zero-order chi connectivity index (χ0) is 13.7. The summed E-state index contributed by atoms with van der Waals surface area (Å²) in [7, 11) is 2.08. The first kappa shape index (κ1) is 15.7. The highest BCUT2D eigenvalue weighted by Gasteiger charge is 2.16. The Hall–Kier alpha value is -0.380. The second kappa shape index (κ2) is 7.27. The normalized spacial score (nSPS) is 14.3. The standard InChI is InChI=1S/C14H22ClNOS/c1-5-12(9-18-4)16(3)14-7-6-11(10(2)17)8-13(14)15/h6-8,10,12,17H,5,9H2,1-4H3/t10-,12?/m0/s1. The molecule has 0 amide bonds. The fourth-order valence-electron chi connectivity index (χ4n) is 1.96. The highest BCUT2D eigenvalue weighted by atomic mass is 35.5. The van der Waals surface area contributed by atoms with E-state index in [0.717, 1.165) is 23.4 Å². The molecule has 1 aromatic carbocycles. The molecule has 1 unspecified atom stereocenters. The highest BCUT2D eigenvalue weighted by Crippen LogP contribution is 2.30. The van der Waals surface area contributed by atoms with Crippen LogP contribution in [0.1, 0.15) is 31.9 Å². The van der Waals surface area contributed by atoms with Crippen LogP contribution in [0.2, 0.25) is 5.02 Å². The van der Waals surface area contributed by atoms with Crippen molar-refractivity contribution < 1.29 is 5.11 Å². The summed E-state index contributed by atoms with van der Waals surface area (Å²) in [5, 5.41) is 10.2. The Morgan fingerprint density at radius 2 is 2.11 bits per heavy atom. The van der Waals surface area contributed by atoms with Crippen molar-refractivity contribution in [1.82, 2.24) is 0 Å². The largest absolute Gasteiger partial charge is 0.389 e. The number of anilines is 1. The third kappa shape index (κ3) is 3.81. The lowest BCUT2D eigenvalue weighted by molar-refractivity contribution is 0.199. The van der Waals surface area contributed by atoms with Crippen LogP contribution in [0.3, 0.4) is 0 Å². The number of hydrogen-bond donors (Lipinski definition) is 1. The summed E-state index contributed by atoms with van der Waals surface area (Å²) < 4.78 is 0. The van der Waals surface area contributed by atoms with Crippen LogP contribution in [0.15, 0.2) is 18.2 Å². The fraction of sp³-hybridized carbons (Fsp3) is 0.571. The Labute approximate surface area is 119 Å². The number of aliphatic hydroxyl groups is 1. The molecule has 2 nitrogen and oxygen atoms in total. The van der Waals surface area contributed by atoms with Gasteiger partial charge in [-0.3, -0.25) is 0 Å². The molecule has 1 N–H and O–H groups in total. The van der Waals surface area contributed by atoms with Gasteiger partial charge in [-0.05, 0) is 37.3 Å². The van der Waals surface area contributed by atoms with Gasteiger partial charge in [-0.15, -0.1) is 0 Å². The van der Waals surface area contributed by atoms with Gasteiger partial charge in [0.05, 0.1) is 16.8 Å². The molecule has 0 saturated carbocycles. The summed E-state index contributed by atoms with van der Waals surface area (Å²) in [6.45, 7) is 3.94. The average Bonchev–Trinajstić information content (AvgIpc) is 2.34. The highest BCUT2D eigenvalue weighted by molar-refractivity contribution is 7.98. The first-order chi connectivity index (χ1) is 8.51. The molecule has 0 heterocycles. The SMILES string of the molecule is CCC(CSC)N(C)c1ccc([C@H](C)O)cc1Cl. The van der Waals surface area contributed by atoms with Crippen LogP contribution in [0.25, 0.3) is 0 Å². The lowest BCUT2D eigenvalue weighted by atomic mass is 10.1. The summed E-state index contributed by atoms with van der Waals surface area (Å²) in [5.41, 5.74) is 1.89. The van der Waals surface area contributed by atoms with Gasteiger partial charge in [-0.1, -0.05) is 24.6 Å². The average molecular weight is 288 g/mol. The molecule has 0 aliphatic rings. The number of rotatable bonds is 6. The molecule has 1 aromatic rings. The van der Waals surface area contributed by atoms with E-state index >= 15 is 0 Å². The molecule has 0 aliphatic heterocycles. The summed E-state index contributed by atoms with van der Waals surface area (Å²) in [6.07, 6.45) is 2.73. The third-order valence-electron chi connectivity index (χ3n) is 3.21. The number of hydrogen-bond acceptors (Lipinski definition) is 3. The van der Waals surface area contributed by atoms with Crippen molar-refractivity contribution >= 4 is 29.1 Å². The van der Waals surface area contributed by atoms with Crippen molar-refractivity contribution in [3.05, 3.63) is 28.8 Å². The van der Waals surface area contributed by atoms with Crippen molar-refractivity contribution in [3.8, 4) is 0 Å². The lowest BCUT2D eigenvalue weighted by Crippen LogP contribution is -2.33. The molecule has 0 aliphatic carbocycles. The van der Waals surface area contributed by atoms with Crippen molar-refractivity contribution in [2.45, 2.75) is 32.4 Å². The Morgan fingerprint density at radius 3 is 2.56 bits per heavy atom. The summed E-state index contributed by atoms with van der Waals surface area (Å²) >= 11 is 8.16. The maximum absolute atomic E-state index is 9.54. The third-order valence-corrected chi connectivity index (χ3v) is 4.23. The fourth-order valence-corrected chi connectivity index (χ4v) is 3.13. The Morgan fingerprint density at radius 1 is 1.44 bits per heavy atom. The molecule has 1 rings (SSSR count). The molecule has 18 heavy (non-hydrogen) atoms. The topological polar surface area (TPSA) is 23.5 Å². The minimum Gasteiger partial charge on any atom is -0.389 e. The van der Waals surface area contributed by atoms with Crippen LogP contribution < -0.4 is 4.90 Å². The van der Waals surface area contributed by atoms with Gasteiger partial charge >= 0.3 is 0 Å². The zero-order valence-corrected chi connectivity index (χ0v) is 13.1. The van der Waals surface area contributed by atoms with Gasteiger partial charge in [0.15, 0.2) is 0 Å². The van der Waals surface area contributed by atoms with Gasteiger partial charge in [0.1, 0.15) is 0 Å². The van der Waals surface area contributed by atoms with Crippen LogP contribution in [-0.2, 0) is 0 Å². The molecule has 4 heteroatoms. The van der Waals surface area contributed by atoms with Gasteiger partial charge in [-0.2, -0.15) is 11.8 Å². The maximum atomic E-state index is 9.54. The van der Waals surface area contributed by atoms with E-state index in [1.807, 2.05) is 30.0 Å². The van der Waals surface area contributed by atoms with Crippen LogP contribution in [0.5, 0.6) is 0 Å². The molecule has 0 saturated heterocycles. The molecule has 0 spiro atoms. The van der Waals surface area contributed by atoms with Crippen molar-refractivity contribution in [2.75, 3.05) is 24.0 Å². The number of aliphatic hydroxyl groups excluding tert-OH is 1. The first-order valence-corrected chi connectivity index (χ1v) is 7.97. The molecule has 0 fully saturated rings. The van der Waals surface area contributed by atoms with E-state index in [1.54, 1.807) is 6.92 Å². The molecular weight excluding hydrogens is 266 g/mol.